The molecule has 0 bridgehead atoms. The van der Waals surface area contributed by atoms with E-state index in [4.69, 9.17) is 4.74 Å². The van der Waals surface area contributed by atoms with Crippen LogP contribution in [0.1, 0.15) is 59.8 Å². The van der Waals surface area contributed by atoms with E-state index >= 15 is 0 Å². The third-order valence-corrected chi connectivity index (χ3v) is 4.34. The molecule has 4 unspecified atom stereocenters. The minimum atomic E-state index is 0.440. The van der Waals surface area contributed by atoms with Crippen molar-refractivity contribution in [3.05, 3.63) is 0 Å². The summed E-state index contributed by atoms with van der Waals surface area (Å²) in [5.41, 5.74) is 0.520. The molecule has 0 spiro atoms. The molecule has 2 rings (SSSR count). The predicted octanol–water partition coefficient (Wildman–Crippen LogP) is 3.36. The minimum absolute atomic E-state index is 0.440. The van der Waals surface area contributed by atoms with Gasteiger partial charge in [-0.15, -0.1) is 0 Å². The van der Waals surface area contributed by atoms with Crippen LogP contribution in [-0.2, 0) is 4.74 Å². The SMILES string of the molecule is CC1CC(NC2CCOC(C)C2)CC(C)(C)C1. The minimum Gasteiger partial charge on any atom is -0.378 e. The summed E-state index contributed by atoms with van der Waals surface area (Å²) >= 11 is 0. The largest absolute Gasteiger partial charge is 0.378 e. The lowest BCUT2D eigenvalue weighted by molar-refractivity contribution is 0.00737. The van der Waals surface area contributed by atoms with E-state index in [0.717, 1.165) is 18.6 Å². The van der Waals surface area contributed by atoms with Crippen molar-refractivity contribution in [2.45, 2.75) is 78.0 Å². The average Bonchev–Trinajstić information content (AvgIpc) is 2.13. The van der Waals surface area contributed by atoms with Crippen LogP contribution in [0.2, 0.25) is 0 Å². The lowest BCUT2D eigenvalue weighted by Gasteiger charge is -2.41. The van der Waals surface area contributed by atoms with Gasteiger partial charge >= 0.3 is 0 Å². The van der Waals surface area contributed by atoms with Gasteiger partial charge in [0.15, 0.2) is 0 Å². The van der Waals surface area contributed by atoms with Crippen LogP contribution in [0.5, 0.6) is 0 Å². The maximum atomic E-state index is 5.62. The van der Waals surface area contributed by atoms with Crippen molar-refractivity contribution in [3.8, 4) is 0 Å². The maximum absolute atomic E-state index is 5.62. The highest BCUT2D eigenvalue weighted by atomic mass is 16.5. The first-order valence-electron chi connectivity index (χ1n) is 7.32. The molecule has 0 aromatic carbocycles. The van der Waals surface area contributed by atoms with Crippen molar-refractivity contribution in [2.24, 2.45) is 11.3 Å². The summed E-state index contributed by atoms with van der Waals surface area (Å²) in [5.74, 6) is 0.869. The van der Waals surface area contributed by atoms with Crippen molar-refractivity contribution in [1.29, 1.82) is 0 Å². The summed E-state index contributed by atoms with van der Waals surface area (Å²) in [5, 5.41) is 3.89. The van der Waals surface area contributed by atoms with Gasteiger partial charge in [0.2, 0.25) is 0 Å². The fraction of sp³-hybridized carbons (Fsp3) is 1.00. The van der Waals surface area contributed by atoms with Crippen LogP contribution in [0, 0.1) is 11.3 Å². The van der Waals surface area contributed by atoms with E-state index in [1.165, 1.54) is 32.1 Å². The molecule has 4 atom stereocenters. The number of hydrogen-bond acceptors (Lipinski definition) is 2. The van der Waals surface area contributed by atoms with E-state index in [0.29, 0.717) is 17.6 Å². The van der Waals surface area contributed by atoms with Crippen LogP contribution < -0.4 is 5.32 Å². The second kappa shape index (κ2) is 5.27. The highest BCUT2D eigenvalue weighted by molar-refractivity contribution is 4.89. The maximum Gasteiger partial charge on any atom is 0.0561 e. The van der Waals surface area contributed by atoms with Gasteiger partial charge < -0.3 is 10.1 Å². The third kappa shape index (κ3) is 3.96. The third-order valence-electron chi connectivity index (χ3n) is 4.34. The van der Waals surface area contributed by atoms with Gasteiger partial charge in [0.05, 0.1) is 6.10 Å². The second-order valence-corrected chi connectivity index (χ2v) is 7.18. The van der Waals surface area contributed by atoms with E-state index in [1.807, 2.05) is 0 Å². The van der Waals surface area contributed by atoms with Crippen molar-refractivity contribution in [3.63, 3.8) is 0 Å². The van der Waals surface area contributed by atoms with Crippen LogP contribution in [0.3, 0.4) is 0 Å². The highest BCUT2D eigenvalue weighted by Crippen LogP contribution is 2.38. The van der Waals surface area contributed by atoms with Crippen LogP contribution in [-0.4, -0.2) is 24.8 Å². The normalized spacial score (nSPS) is 42.4. The van der Waals surface area contributed by atoms with Crippen molar-refractivity contribution in [2.75, 3.05) is 6.61 Å². The molecule has 2 heteroatoms. The highest BCUT2D eigenvalue weighted by Gasteiger charge is 2.33. The Hall–Kier alpha value is -0.0800. The van der Waals surface area contributed by atoms with Gasteiger partial charge in [0, 0.05) is 18.7 Å². The quantitative estimate of drug-likeness (QED) is 0.798. The molecule has 1 N–H and O–H groups in total. The lowest BCUT2D eigenvalue weighted by atomic mass is 9.70. The number of nitrogens with one attached hydrogen (secondary N) is 1. The molecule has 100 valence electrons. The molecule has 2 fully saturated rings. The standard InChI is InChI=1S/C15H29NO/c1-11-7-14(10-15(3,4)9-11)16-13-5-6-17-12(2)8-13/h11-14,16H,5-10H2,1-4H3. The molecule has 0 amide bonds. The van der Waals surface area contributed by atoms with E-state index in [2.05, 4.69) is 33.0 Å². The molecular formula is C15H29NO. The summed E-state index contributed by atoms with van der Waals surface area (Å²) in [7, 11) is 0. The fourth-order valence-electron chi connectivity index (χ4n) is 3.96. The van der Waals surface area contributed by atoms with Gasteiger partial charge in [-0.25, -0.2) is 0 Å². The predicted molar refractivity (Wildman–Crippen MR) is 72.2 cm³/mol. The van der Waals surface area contributed by atoms with E-state index < -0.39 is 0 Å². The topological polar surface area (TPSA) is 21.3 Å². The summed E-state index contributed by atoms with van der Waals surface area (Å²) in [6.45, 7) is 10.4. The fourth-order valence-corrected chi connectivity index (χ4v) is 3.96. The zero-order valence-electron chi connectivity index (χ0n) is 12.0. The number of ether oxygens (including phenoxy) is 1. The molecular weight excluding hydrogens is 210 g/mol. The second-order valence-electron chi connectivity index (χ2n) is 7.18. The first-order chi connectivity index (χ1) is 7.94. The van der Waals surface area contributed by atoms with Gasteiger partial charge in [0.25, 0.3) is 0 Å². The van der Waals surface area contributed by atoms with E-state index in [-0.39, 0.29) is 0 Å². The Kier molecular flexibility index (Phi) is 4.14. The Bertz CT molecular complexity index is 251. The van der Waals surface area contributed by atoms with Crippen LogP contribution >= 0.6 is 0 Å². The smallest absolute Gasteiger partial charge is 0.0561 e. The Morgan fingerprint density at radius 2 is 1.82 bits per heavy atom. The lowest BCUT2D eigenvalue weighted by Crippen LogP contribution is -2.47. The average molecular weight is 239 g/mol. The number of rotatable bonds is 2. The summed E-state index contributed by atoms with van der Waals surface area (Å²) in [6, 6.07) is 1.41. The monoisotopic (exact) mass is 239 g/mol. The summed E-state index contributed by atoms with van der Waals surface area (Å²) < 4.78 is 5.62. The number of hydrogen-bond donors (Lipinski definition) is 1. The summed E-state index contributed by atoms with van der Waals surface area (Å²) in [6.07, 6.45) is 6.89. The van der Waals surface area contributed by atoms with Gasteiger partial charge in [-0.1, -0.05) is 20.8 Å². The van der Waals surface area contributed by atoms with E-state index in [1.54, 1.807) is 0 Å². The molecule has 1 aliphatic carbocycles. The molecule has 2 nitrogen and oxygen atoms in total. The van der Waals surface area contributed by atoms with Crippen LogP contribution in [0.25, 0.3) is 0 Å². The van der Waals surface area contributed by atoms with Crippen LogP contribution in [0.15, 0.2) is 0 Å². The Balaban J connectivity index is 1.85. The molecule has 1 saturated carbocycles. The Morgan fingerprint density at radius 1 is 1.06 bits per heavy atom. The molecule has 0 aromatic rings. The van der Waals surface area contributed by atoms with Gasteiger partial charge in [0.1, 0.15) is 0 Å². The summed E-state index contributed by atoms with van der Waals surface area (Å²) in [4.78, 5) is 0. The zero-order valence-corrected chi connectivity index (χ0v) is 12.0. The first kappa shape index (κ1) is 13.4. The molecule has 1 saturated heterocycles. The van der Waals surface area contributed by atoms with Crippen molar-refractivity contribution < 1.29 is 4.74 Å². The van der Waals surface area contributed by atoms with Gasteiger partial charge in [-0.05, 0) is 50.4 Å². The first-order valence-corrected chi connectivity index (χ1v) is 7.32. The molecule has 17 heavy (non-hydrogen) atoms. The molecule has 2 aliphatic rings. The Labute approximate surface area is 107 Å². The molecule has 0 radical (unpaired) electrons. The zero-order chi connectivity index (χ0) is 12.5. The molecule has 1 heterocycles. The van der Waals surface area contributed by atoms with Gasteiger partial charge in [-0.3, -0.25) is 0 Å². The molecule has 1 aliphatic heterocycles. The van der Waals surface area contributed by atoms with E-state index in [9.17, 15) is 0 Å². The van der Waals surface area contributed by atoms with Crippen molar-refractivity contribution >= 4 is 0 Å². The van der Waals surface area contributed by atoms with Crippen molar-refractivity contribution in [1.82, 2.24) is 5.32 Å². The Morgan fingerprint density at radius 3 is 2.47 bits per heavy atom. The van der Waals surface area contributed by atoms with Crippen LogP contribution in [0.4, 0.5) is 0 Å². The molecule has 0 aromatic heterocycles. The van der Waals surface area contributed by atoms with Gasteiger partial charge in [-0.2, -0.15) is 0 Å².